The topological polar surface area (TPSA) is 69.6 Å². The lowest BCUT2D eigenvalue weighted by Gasteiger charge is -2.12. The Morgan fingerprint density at radius 3 is 2.68 bits per heavy atom. The van der Waals surface area contributed by atoms with Crippen LogP contribution in [-0.2, 0) is 13.0 Å². The molecule has 5 nitrogen and oxygen atoms in total. The third-order valence-electron chi connectivity index (χ3n) is 2.91. The van der Waals surface area contributed by atoms with Gasteiger partial charge in [-0.15, -0.1) is 11.3 Å². The summed E-state index contributed by atoms with van der Waals surface area (Å²) < 4.78 is 1.95. The van der Waals surface area contributed by atoms with Gasteiger partial charge in [-0.05, 0) is 19.8 Å². The van der Waals surface area contributed by atoms with Gasteiger partial charge in [-0.3, -0.25) is 0 Å². The highest BCUT2D eigenvalue weighted by Gasteiger charge is 2.17. The molecule has 2 N–H and O–H groups in total. The quantitative estimate of drug-likeness (QED) is 0.911. The minimum absolute atomic E-state index is 0.0543. The van der Waals surface area contributed by atoms with Crippen molar-refractivity contribution in [3.05, 3.63) is 27.7 Å². The first-order valence-electron chi connectivity index (χ1n) is 6.53. The van der Waals surface area contributed by atoms with Crippen LogP contribution in [0.3, 0.4) is 0 Å². The smallest absolute Gasteiger partial charge is 0.138 e. The van der Waals surface area contributed by atoms with E-state index in [1.165, 1.54) is 0 Å². The summed E-state index contributed by atoms with van der Waals surface area (Å²) in [6.07, 6.45) is 2.31. The van der Waals surface area contributed by atoms with Crippen LogP contribution < -0.4 is 5.73 Å². The van der Waals surface area contributed by atoms with Gasteiger partial charge in [0.15, 0.2) is 0 Å². The van der Waals surface area contributed by atoms with E-state index in [9.17, 15) is 0 Å². The highest BCUT2D eigenvalue weighted by Crippen LogP contribution is 2.25. The van der Waals surface area contributed by atoms with E-state index in [0.717, 1.165) is 27.9 Å². The normalized spacial score (nSPS) is 13.2. The maximum absolute atomic E-state index is 6.29. The molecule has 1 unspecified atom stereocenters. The molecule has 0 spiro atoms. The molecule has 2 rings (SSSR count). The van der Waals surface area contributed by atoms with Gasteiger partial charge in [0.1, 0.15) is 12.2 Å². The number of hydrogen-bond donors (Lipinski definition) is 1. The van der Waals surface area contributed by atoms with Crippen LogP contribution >= 0.6 is 11.3 Å². The van der Waals surface area contributed by atoms with E-state index in [1.807, 2.05) is 18.5 Å². The number of rotatable bonds is 5. The Labute approximate surface area is 117 Å². The van der Waals surface area contributed by atoms with Gasteiger partial charge in [0.2, 0.25) is 0 Å². The molecule has 0 aliphatic carbocycles. The third kappa shape index (κ3) is 3.39. The molecule has 2 aromatic heterocycles. The van der Waals surface area contributed by atoms with Gasteiger partial charge in [-0.1, -0.05) is 13.8 Å². The molecule has 19 heavy (non-hydrogen) atoms. The van der Waals surface area contributed by atoms with Crippen molar-refractivity contribution in [3.8, 4) is 0 Å². The molecule has 0 aromatic carbocycles. The number of hydrogen-bond acceptors (Lipinski definition) is 5. The van der Waals surface area contributed by atoms with Gasteiger partial charge in [0.05, 0.1) is 10.7 Å². The van der Waals surface area contributed by atoms with Gasteiger partial charge < -0.3 is 5.73 Å². The van der Waals surface area contributed by atoms with Gasteiger partial charge in [0.25, 0.3) is 0 Å². The van der Waals surface area contributed by atoms with Crippen molar-refractivity contribution >= 4 is 11.3 Å². The first-order chi connectivity index (χ1) is 8.97. The average Bonchev–Trinajstić information content (AvgIpc) is 2.85. The molecule has 0 aliphatic heterocycles. The van der Waals surface area contributed by atoms with Crippen LogP contribution in [0.5, 0.6) is 0 Å². The maximum Gasteiger partial charge on any atom is 0.138 e. The summed E-state index contributed by atoms with van der Waals surface area (Å²) in [6, 6.07) is -0.0543. The lowest BCUT2D eigenvalue weighted by atomic mass is 10.1. The molecular weight excluding hydrogens is 258 g/mol. The van der Waals surface area contributed by atoms with Crippen molar-refractivity contribution < 1.29 is 0 Å². The molecule has 0 saturated heterocycles. The number of thiazole rings is 1. The zero-order chi connectivity index (χ0) is 14.0. The van der Waals surface area contributed by atoms with E-state index >= 15 is 0 Å². The largest absolute Gasteiger partial charge is 0.323 e. The van der Waals surface area contributed by atoms with E-state index < -0.39 is 0 Å². The van der Waals surface area contributed by atoms with E-state index in [1.54, 1.807) is 17.7 Å². The number of nitrogens with zero attached hydrogens (tertiary/aromatic N) is 4. The molecule has 1 atom stereocenters. The summed E-state index contributed by atoms with van der Waals surface area (Å²) in [5, 5.41) is 5.33. The highest BCUT2D eigenvalue weighted by molar-refractivity contribution is 7.11. The van der Waals surface area contributed by atoms with Crippen molar-refractivity contribution in [2.75, 3.05) is 0 Å². The summed E-state index contributed by atoms with van der Waals surface area (Å²) in [4.78, 5) is 9.90. The predicted molar refractivity (Wildman–Crippen MR) is 77.1 cm³/mol. The summed E-state index contributed by atoms with van der Waals surface area (Å²) in [6.45, 7) is 9.24. The zero-order valence-corrected chi connectivity index (χ0v) is 12.7. The minimum atomic E-state index is -0.0543. The van der Waals surface area contributed by atoms with E-state index in [2.05, 4.69) is 28.9 Å². The SMILES string of the molecule is Cc1nc(C)c(C(N)Cc2ncnn2CC(C)C)s1. The Hall–Kier alpha value is -1.27. The third-order valence-corrected chi connectivity index (χ3v) is 4.12. The van der Waals surface area contributed by atoms with Crippen molar-refractivity contribution in [2.45, 2.75) is 46.7 Å². The second-order valence-corrected chi connectivity index (χ2v) is 6.48. The average molecular weight is 279 g/mol. The summed E-state index contributed by atoms with van der Waals surface area (Å²) in [5.41, 5.74) is 7.32. The molecule has 0 bridgehead atoms. The molecule has 0 aliphatic rings. The van der Waals surface area contributed by atoms with E-state index in [4.69, 9.17) is 5.73 Å². The van der Waals surface area contributed by atoms with Crippen LogP contribution in [0.4, 0.5) is 0 Å². The van der Waals surface area contributed by atoms with Crippen LogP contribution in [0.25, 0.3) is 0 Å². The van der Waals surface area contributed by atoms with Crippen molar-refractivity contribution in [1.29, 1.82) is 0 Å². The van der Waals surface area contributed by atoms with Gasteiger partial charge in [-0.25, -0.2) is 14.6 Å². The summed E-state index contributed by atoms with van der Waals surface area (Å²) in [5.74, 6) is 1.50. The lowest BCUT2D eigenvalue weighted by molar-refractivity contribution is 0.459. The van der Waals surface area contributed by atoms with Gasteiger partial charge >= 0.3 is 0 Å². The monoisotopic (exact) mass is 279 g/mol. The summed E-state index contributed by atoms with van der Waals surface area (Å²) >= 11 is 1.67. The molecule has 2 heterocycles. The molecule has 2 aromatic rings. The van der Waals surface area contributed by atoms with Crippen LogP contribution in [0, 0.1) is 19.8 Å². The van der Waals surface area contributed by atoms with Crippen LogP contribution in [0.2, 0.25) is 0 Å². The Kier molecular flexibility index (Phi) is 4.31. The molecule has 104 valence electrons. The van der Waals surface area contributed by atoms with Crippen molar-refractivity contribution in [2.24, 2.45) is 11.7 Å². The maximum atomic E-state index is 6.29. The van der Waals surface area contributed by atoms with Crippen LogP contribution in [0.1, 0.15) is 41.3 Å². The summed E-state index contributed by atoms with van der Waals surface area (Å²) in [7, 11) is 0. The molecule has 6 heteroatoms. The van der Waals surface area contributed by atoms with E-state index in [0.29, 0.717) is 12.3 Å². The standard InChI is InChI=1S/C13H21N5S/c1-8(2)6-18-12(15-7-16-18)5-11(14)13-9(3)17-10(4)19-13/h7-8,11H,5-6,14H2,1-4H3. The molecule has 0 radical (unpaired) electrons. The molecule has 0 amide bonds. The Morgan fingerprint density at radius 1 is 1.37 bits per heavy atom. The Bertz CT molecular complexity index is 543. The first kappa shape index (κ1) is 14.1. The fraction of sp³-hybridized carbons (Fsp3) is 0.615. The second-order valence-electron chi connectivity index (χ2n) is 5.25. The number of aryl methyl sites for hydroxylation is 2. The minimum Gasteiger partial charge on any atom is -0.323 e. The second kappa shape index (κ2) is 5.79. The van der Waals surface area contributed by atoms with Crippen molar-refractivity contribution in [3.63, 3.8) is 0 Å². The highest BCUT2D eigenvalue weighted by atomic mass is 32.1. The van der Waals surface area contributed by atoms with Crippen LogP contribution in [-0.4, -0.2) is 19.7 Å². The van der Waals surface area contributed by atoms with Crippen molar-refractivity contribution in [1.82, 2.24) is 19.7 Å². The molecule has 0 saturated carbocycles. The Morgan fingerprint density at radius 2 is 2.11 bits per heavy atom. The number of aromatic nitrogens is 4. The predicted octanol–water partition coefficient (Wildman–Crippen LogP) is 2.25. The molecular formula is C13H21N5S. The Balaban J connectivity index is 2.13. The van der Waals surface area contributed by atoms with Gasteiger partial charge in [0, 0.05) is 23.9 Å². The fourth-order valence-corrected chi connectivity index (χ4v) is 3.05. The lowest BCUT2D eigenvalue weighted by Crippen LogP contribution is -2.18. The van der Waals surface area contributed by atoms with E-state index in [-0.39, 0.29) is 6.04 Å². The number of nitrogens with two attached hydrogens (primary N) is 1. The first-order valence-corrected chi connectivity index (χ1v) is 7.35. The van der Waals surface area contributed by atoms with Gasteiger partial charge in [-0.2, -0.15) is 5.10 Å². The zero-order valence-electron chi connectivity index (χ0n) is 11.9. The van der Waals surface area contributed by atoms with Crippen LogP contribution in [0.15, 0.2) is 6.33 Å². The fourth-order valence-electron chi connectivity index (χ4n) is 2.13. The molecule has 0 fully saturated rings.